The molecule has 0 radical (unpaired) electrons. The second-order valence-electron chi connectivity index (χ2n) is 8.89. The average Bonchev–Trinajstić information content (AvgIpc) is 3.08. The second-order valence-corrected chi connectivity index (χ2v) is 8.89. The molecule has 1 aromatic carbocycles. The lowest BCUT2D eigenvalue weighted by Gasteiger charge is -2.24. The van der Waals surface area contributed by atoms with Crippen LogP contribution in [-0.2, 0) is 20.8 Å². The minimum Gasteiger partial charge on any atom is -0.480 e. The molecule has 0 unspecified atom stereocenters. The van der Waals surface area contributed by atoms with Crippen LogP contribution in [0.2, 0.25) is 0 Å². The molecule has 2 aromatic rings. The Hall–Kier alpha value is -2.87. The van der Waals surface area contributed by atoms with Gasteiger partial charge in [0.15, 0.2) is 0 Å². The van der Waals surface area contributed by atoms with Gasteiger partial charge >= 0.3 is 5.97 Å². The molecule has 1 aromatic heterocycles. The van der Waals surface area contributed by atoms with Crippen molar-refractivity contribution < 1.29 is 19.5 Å². The van der Waals surface area contributed by atoms with E-state index in [-0.39, 0.29) is 18.3 Å². The summed E-state index contributed by atoms with van der Waals surface area (Å²) in [6.45, 7) is 7.80. The van der Waals surface area contributed by atoms with Crippen molar-refractivity contribution in [2.24, 2.45) is 17.6 Å². The lowest BCUT2D eigenvalue weighted by molar-refractivity contribution is -0.142. The number of carboxylic acids is 1. The highest BCUT2D eigenvalue weighted by atomic mass is 16.4. The number of benzene rings is 1. The van der Waals surface area contributed by atoms with Crippen LogP contribution in [0.15, 0.2) is 30.5 Å². The van der Waals surface area contributed by atoms with E-state index in [2.05, 4.69) is 15.6 Å². The molecular formula is C23H34N4O4. The van der Waals surface area contributed by atoms with Crippen LogP contribution in [0.1, 0.15) is 46.1 Å². The van der Waals surface area contributed by atoms with Crippen molar-refractivity contribution in [3.8, 4) is 0 Å². The molecule has 0 aliphatic carbocycles. The summed E-state index contributed by atoms with van der Waals surface area (Å²) in [6, 6.07) is 4.88. The molecule has 0 aliphatic rings. The minimum absolute atomic E-state index is 0.120. The van der Waals surface area contributed by atoms with Crippen LogP contribution >= 0.6 is 0 Å². The summed E-state index contributed by atoms with van der Waals surface area (Å²) in [6.07, 6.45) is 2.76. The predicted molar refractivity (Wildman–Crippen MR) is 120 cm³/mol. The van der Waals surface area contributed by atoms with Crippen molar-refractivity contribution in [1.82, 2.24) is 15.6 Å². The van der Waals surface area contributed by atoms with Gasteiger partial charge in [-0.1, -0.05) is 45.9 Å². The quantitative estimate of drug-likeness (QED) is 0.372. The lowest BCUT2D eigenvalue weighted by Crippen LogP contribution is -2.55. The first kappa shape index (κ1) is 24.4. The van der Waals surface area contributed by atoms with Crippen LogP contribution in [-0.4, -0.2) is 46.0 Å². The number of aromatic amines is 1. The number of amides is 2. The highest BCUT2D eigenvalue weighted by Gasteiger charge is 2.29. The molecule has 31 heavy (non-hydrogen) atoms. The minimum atomic E-state index is -1.13. The Bertz CT molecular complexity index is 906. The number of carbonyl (C=O) groups is 3. The first-order chi connectivity index (χ1) is 14.6. The molecule has 0 spiro atoms. The van der Waals surface area contributed by atoms with Gasteiger partial charge in [0.05, 0.1) is 6.04 Å². The Kier molecular flexibility index (Phi) is 8.62. The molecule has 0 fully saturated rings. The third kappa shape index (κ3) is 7.10. The number of hydrogen-bond donors (Lipinski definition) is 5. The summed E-state index contributed by atoms with van der Waals surface area (Å²) in [5.41, 5.74) is 7.65. The van der Waals surface area contributed by atoms with E-state index in [1.807, 2.05) is 52.0 Å². The summed E-state index contributed by atoms with van der Waals surface area (Å²) in [5, 5.41) is 15.9. The number of nitrogens with two attached hydrogens (primary N) is 1. The fraction of sp³-hybridized carbons (Fsp3) is 0.522. The first-order valence-electron chi connectivity index (χ1n) is 10.7. The lowest BCUT2D eigenvalue weighted by atomic mass is 9.99. The van der Waals surface area contributed by atoms with Crippen LogP contribution in [0, 0.1) is 11.8 Å². The Morgan fingerprint density at radius 1 is 0.968 bits per heavy atom. The van der Waals surface area contributed by atoms with E-state index in [0.717, 1.165) is 16.5 Å². The number of nitrogens with one attached hydrogen (secondary N) is 3. The van der Waals surface area contributed by atoms with Gasteiger partial charge in [-0.05, 0) is 36.3 Å². The molecule has 0 saturated heterocycles. The molecule has 1 heterocycles. The van der Waals surface area contributed by atoms with Gasteiger partial charge in [-0.15, -0.1) is 0 Å². The zero-order valence-electron chi connectivity index (χ0n) is 18.6. The topological polar surface area (TPSA) is 137 Å². The van der Waals surface area contributed by atoms with Crippen LogP contribution in [0.4, 0.5) is 0 Å². The van der Waals surface area contributed by atoms with Gasteiger partial charge in [0.2, 0.25) is 11.8 Å². The standard InChI is InChI=1S/C23H34N4O4/c1-13(2)9-17(24)21(28)26-19(10-14(3)4)22(29)27-20(23(30)31)11-15-12-25-18-8-6-5-7-16(15)18/h5-8,12-14,17,19-20,25H,9-11,24H2,1-4H3,(H,26,28)(H,27,29)(H,30,31)/t17-,19-,20-/m0/s1. The molecule has 2 rings (SSSR count). The monoisotopic (exact) mass is 430 g/mol. The summed E-state index contributed by atoms with van der Waals surface area (Å²) in [7, 11) is 0. The zero-order chi connectivity index (χ0) is 23.1. The smallest absolute Gasteiger partial charge is 0.326 e. The van der Waals surface area contributed by atoms with E-state index in [9.17, 15) is 19.5 Å². The maximum atomic E-state index is 12.9. The van der Waals surface area contributed by atoms with Crippen molar-refractivity contribution in [1.29, 1.82) is 0 Å². The van der Waals surface area contributed by atoms with Gasteiger partial charge < -0.3 is 26.5 Å². The number of carboxylic acid groups (broad SMARTS) is 1. The number of aromatic nitrogens is 1. The Balaban J connectivity index is 2.12. The summed E-state index contributed by atoms with van der Waals surface area (Å²) in [4.78, 5) is 40.4. The number of para-hydroxylation sites is 1. The fourth-order valence-electron chi connectivity index (χ4n) is 3.59. The van der Waals surface area contributed by atoms with Crippen LogP contribution in [0.5, 0.6) is 0 Å². The SMILES string of the molecule is CC(C)C[C@H](NC(=O)[C@@H](N)CC(C)C)C(=O)N[C@@H](Cc1c[nH]c2ccccc12)C(=O)O. The highest BCUT2D eigenvalue weighted by molar-refractivity contribution is 5.92. The molecule has 8 nitrogen and oxygen atoms in total. The summed E-state index contributed by atoms with van der Waals surface area (Å²) < 4.78 is 0. The van der Waals surface area contributed by atoms with E-state index >= 15 is 0 Å². The maximum Gasteiger partial charge on any atom is 0.326 e. The molecule has 170 valence electrons. The van der Waals surface area contributed by atoms with Gasteiger partial charge in [0.1, 0.15) is 12.1 Å². The van der Waals surface area contributed by atoms with Crippen LogP contribution < -0.4 is 16.4 Å². The van der Waals surface area contributed by atoms with Gasteiger partial charge in [-0.25, -0.2) is 4.79 Å². The number of rotatable bonds is 11. The number of aliphatic carboxylic acids is 1. The average molecular weight is 431 g/mol. The maximum absolute atomic E-state index is 12.9. The zero-order valence-corrected chi connectivity index (χ0v) is 18.6. The number of hydrogen-bond acceptors (Lipinski definition) is 4. The molecule has 6 N–H and O–H groups in total. The molecule has 8 heteroatoms. The van der Waals surface area contributed by atoms with E-state index in [4.69, 9.17) is 5.73 Å². The molecule has 0 saturated carbocycles. The molecular weight excluding hydrogens is 396 g/mol. The van der Waals surface area contributed by atoms with Crippen LogP contribution in [0.3, 0.4) is 0 Å². The van der Waals surface area contributed by atoms with Crippen molar-refractivity contribution in [3.63, 3.8) is 0 Å². The van der Waals surface area contributed by atoms with Crippen molar-refractivity contribution in [2.45, 2.75) is 65.1 Å². The number of carbonyl (C=O) groups excluding carboxylic acids is 2. The van der Waals surface area contributed by atoms with Crippen molar-refractivity contribution in [3.05, 3.63) is 36.0 Å². The third-order valence-corrected chi connectivity index (χ3v) is 5.12. The van der Waals surface area contributed by atoms with Gasteiger partial charge in [0, 0.05) is 23.5 Å². The number of fused-ring (bicyclic) bond motifs is 1. The van der Waals surface area contributed by atoms with E-state index in [1.54, 1.807) is 6.20 Å². The van der Waals surface area contributed by atoms with Gasteiger partial charge in [-0.3, -0.25) is 9.59 Å². The molecule has 0 aliphatic heterocycles. The predicted octanol–water partition coefficient (Wildman–Crippen LogP) is 2.18. The second kappa shape index (κ2) is 10.9. The molecule has 2 amide bonds. The van der Waals surface area contributed by atoms with Crippen molar-refractivity contribution in [2.75, 3.05) is 0 Å². The van der Waals surface area contributed by atoms with E-state index in [1.165, 1.54) is 0 Å². The number of H-pyrrole nitrogens is 1. The summed E-state index contributed by atoms with van der Waals surface area (Å²) in [5.74, 6) is -1.70. The van der Waals surface area contributed by atoms with Crippen molar-refractivity contribution >= 4 is 28.7 Å². The first-order valence-corrected chi connectivity index (χ1v) is 10.7. The normalized spacial score (nSPS) is 14.4. The third-order valence-electron chi connectivity index (χ3n) is 5.12. The largest absolute Gasteiger partial charge is 0.480 e. The van der Waals surface area contributed by atoms with Gasteiger partial charge in [-0.2, -0.15) is 0 Å². The summed E-state index contributed by atoms with van der Waals surface area (Å²) >= 11 is 0. The molecule has 0 bridgehead atoms. The van der Waals surface area contributed by atoms with Gasteiger partial charge in [0.25, 0.3) is 0 Å². The van der Waals surface area contributed by atoms with E-state index in [0.29, 0.717) is 12.8 Å². The highest BCUT2D eigenvalue weighted by Crippen LogP contribution is 2.19. The Morgan fingerprint density at radius 2 is 1.58 bits per heavy atom. The van der Waals surface area contributed by atoms with E-state index < -0.39 is 35.9 Å². The Labute approximate surface area is 183 Å². The van der Waals surface area contributed by atoms with Crippen LogP contribution in [0.25, 0.3) is 10.9 Å². The Morgan fingerprint density at radius 3 is 2.19 bits per heavy atom. The molecule has 3 atom stereocenters. The fourth-order valence-corrected chi connectivity index (χ4v) is 3.59.